The van der Waals surface area contributed by atoms with Crippen LogP contribution in [-0.4, -0.2) is 77.4 Å². The van der Waals surface area contributed by atoms with E-state index in [1.807, 2.05) is 20.8 Å². The molecule has 8 unspecified atom stereocenters. The fourth-order valence-corrected chi connectivity index (χ4v) is 6.88. The molecule has 4 heterocycles. The number of hydrogen-bond acceptors (Lipinski definition) is 9. The fraction of sp³-hybridized carbons (Fsp3) is 0.923. The van der Waals surface area contributed by atoms with E-state index in [1.165, 1.54) is 0 Å². The van der Waals surface area contributed by atoms with E-state index in [-0.39, 0.29) is 48.3 Å². The second-order valence-electron chi connectivity index (χ2n) is 12.2. The van der Waals surface area contributed by atoms with E-state index < -0.39 is 29.3 Å². The predicted octanol–water partition coefficient (Wildman–Crippen LogP) is 1.43. The fourth-order valence-electron chi connectivity index (χ4n) is 6.88. The molecule has 198 valence electrons. The Morgan fingerprint density at radius 3 is 2.69 bits per heavy atom. The van der Waals surface area contributed by atoms with Crippen LogP contribution in [0.5, 0.6) is 0 Å². The first-order valence-electron chi connectivity index (χ1n) is 13.4. The summed E-state index contributed by atoms with van der Waals surface area (Å²) in [5.41, 5.74) is 4.35. The molecular weight excluding hydrogens is 452 g/mol. The molecule has 4 N–H and O–H groups in total. The van der Waals surface area contributed by atoms with Crippen LogP contribution in [0.2, 0.25) is 0 Å². The normalized spacial score (nSPS) is 49.0. The van der Waals surface area contributed by atoms with Crippen LogP contribution >= 0.6 is 0 Å². The van der Waals surface area contributed by atoms with Crippen LogP contribution in [0.25, 0.3) is 0 Å². The molecule has 11 atom stereocenters. The van der Waals surface area contributed by atoms with E-state index in [1.54, 1.807) is 6.92 Å². The lowest BCUT2D eigenvalue weighted by Gasteiger charge is -2.53. The maximum Gasteiger partial charge on any atom is 0.341 e. The van der Waals surface area contributed by atoms with Crippen LogP contribution in [0.1, 0.15) is 72.6 Å². The molecule has 9 heteroatoms. The summed E-state index contributed by atoms with van der Waals surface area (Å²) in [6.45, 7) is 8.46. The highest BCUT2D eigenvalue weighted by molar-refractivity contribution is 5.84. The van der Waals surface area contributed by atoms with Gasteiger partial charge in [-0.2, -0.15) is 0 Å². The molecule has 0 aromatic heterocycles. The number of carbonyl (C=O) groups excluding carboxylic acids is 2. The van der Waals surface area contributed by atoms with Gasteiger partial charge in [0.25, 0.3) is 0 Å². The summed E-state index contributed by atoms with van der Waals surface area (Å²) < 4.78 is 24.2. The average molecular weight is 495 g/mol. The summed E-state index contributed by atoms with van der Waals surface area (Å²) in [6, 6.07) is 0. The Hall–Kier alpha value is -1.10. The van der Waals surface area contributed by atoms with Gasteiger partial charge in [0.05, 0.1) is 48.2 Å². The van der Waals surface area contributed by atoms with Crippen LogP contribution < -0.4 is 11.1 Å². The van der Waals surface area contributed by atoms with Crippen LogP contribution in [0, 0.1) is 17.8 Å². The number of ether oxygens (including phenoxy) is 4. The molecule has 0 bridgehead atoms. The Bertz CT molecular complexity index is 837. The number of nitrogens with two attached hydrogens (primary N) is 1. The van der Waals surface area contributed by atoms with Gasteiger partial charge in [-0.1, -0.05) is 0 Å². The lowest BCUT2D eigenvalue weighted by molar-refractivity contribution is -0.257. The SMILES string of the molecule is CC1CC(=O)C2C(CC3OC(C)(C)[C@H](OC(=O)[C@]4(C)O[C@@H]4CCC4CCNC(N)C4)CC3C2O)O1. The Labute approximate surface area is 207 Å². The van der Waals surface area contributed by atoms with Gasteiger partial charge in [-0.3, -0.25) is 4.79 Å². The average Bonchev–Trinajstić information content (AvgIpc) is 3.44. The number of fused-ring (bicyclic) bond motifs is 2. The van der Waals surface area contributed by atoms with Gasteiger partial charge in [-0.15, -0.1) is 0 Å². The summed E-state index contributed by atoms with van der Waals surface area (Å²) in [4.78, 5) is 25.9. The van der Waals surface area contributed by atoms with Gasteiger partial charge >= 0.3 is 5.97 Å². The monoisotopic (exact) mass is 494 g/mol. The Morgan fingerprint density at radius 2 is 1.94 bits per heavy atom. The molecule has 35 heavy (non-hydrogen) atoms. The zero-order valence-electron chi connectivity index (χ0n) is 21.4. The Balaban J connectivity index is 1.19. The number of rotatable bonds is 5. The highest BCUT2D eigenvalue weighted by atomic mass is 16.7. The maximum atomic E-state index is 13.2. The van der Waals surface area contributed by atoms with Gasteiger partial charge in [0.1, 0.15) is 11.9 Å². The Kier molecular flexibility index (Phi) is 6.81. The van der Waals surface area contributed by atoms with Crippen molar-refractivity contribution >= 4 is 11.8 Å². The first kappa shape index (κ1) is 25.5. The molecule has 4 saturated heterocycles. The van der Waals surface area contributed by atoms with Gasteiger partial charge in [0.15, 0.2) is 5.60 Å². The molecule has 1 aliphatic carbocycles. The summed E-state index contributed by atoms with van der Waals surface area (Å²) in [7, 11) is 0. The summed E-state index contributed by atoms with van der Waals surface area (Å²) in [6.07, 6.45) is 2.94. The highest BCUT2D eigenvalue weighted by Gasteiger charge is 2.62. The van der Waals surface area contributed by atoms with Gasteiger partial charge in [0, 0.05) is 18.8 Å². The van der Waals surface area contributed by atoms with E-state index in [0.717, 1.165) is 32.2 Å². The van der Waals surface area contributed by atoms with Crippen molar-refractivity contribution < 1.29 is 33.6 Å². The molecule has 0 aromatic carbocycles. The van der Waals surface area contributed by atoms with E-state index in [4.69, 9.17) is 24.7 Å². The zero-order chi connectivity index (χ0) is 25.1. The smallest absolute Gasteiger partial charge is 0.341 e. The largest absolute Gasteiger partial charge is 0.457 e. The van der Waals surface area contributed by atoms with Crippen LogP contribution in [-0.2, 0) is 28.5 Å². The molecule has 0 amide bonds. The van der Waals surface area contributed by atoms with Gasteiger partial charge in [-0.05, 0) is 72.3 Å². The van der Waals surface area contributed by atoms with Crippen molar-refractivity contribution in [3.8, 4) is 0 Å². The lowest BCUT2D eigenvalue weighted by Crippen LogP contribution is -2.63. The third-order valence-electron chi connectivity index (χ3n) is 9.12. The third kappa shape index (κ3) is 4.92. The second kappa shape index (κ2) is 9.33. The topological polar surface area (TPSA) is 133 Å². The van der Waals surface area contributed by atoms with Crippen molar-refractivity contribution in [2.24, 2.45) is 23.5 Å². The summed E-state index contributed by atoms with van der Waals surface area (Å²) >= 11 is 0. The third-order valence-corrected chi connectivity index (χ3v) is 9.12. The van der Waals surface area contributed by atoms with Crippen molar-refractivity contribution in [3.63, 3.8) is 0 Å². The number of aliphatic hydroxyl groups excluding tert-OH is 1. The van der Waals surface area contributed by atoms with Crippen LogP contribution in [0.4, 0.5) is 0 Å². The standard InChI is InChI=1S/C26H42N2O7/c1-13-9-16(29)22-18(32-13)12-17-15(23(22)30)11-20(25(2,3)34-17)33-24(31)26(4)19(35-26)6-5-14-7-8-28-21(27)10-14/h13-15,17-23,28,30H,5-12,27H2,1-4H3/t13?,14?,15?,17?,18?,19-,20-,21?,22?,23?,26-/m1/s1. The number of esters is 1. The number of piperidine rings is 1. The maximum absolute atomic E-state index is 13.2. The van der Waals surface area contributed by atoms with Crippen LogP contribution in [0.3, 0.4) is 0 Å². The van der Waals surface area contributed by atoms with Crippen molar-refractivity contribution in [1.82, 2.24) is 5.32 Å². The molecule has 0 radical (unpaired) electrons. The predicted molar refractivity (Wildman–Crippen MR) is 126 cm³/mol. The summed E-state index contributed by atoms with van der Waals surface area (Å²) in [5, 5.41) is 14.4. The second-order valence-corrected chi connectivity index (χ2v) is 12.2. The highest BCUT2D eigenvalue weighted by Crippen LogP contribution is 2.48. The number of epoxide rings is 1. The van der Waals surface area contributed by atoms with E-state index >= 15 is 0 Å². The van der Waals surface area contributed by atoms with Crippen LogP contribution in [0.15, 0.2) is 0 Å². The molecule has 0 aromatic rings. The molecule has 5 aliphatic rings. The molecule has 5 fully saturated rings. The minimum atomic E-state index is -0.943. The quantitative estimate of drug-likeness (QED) is 0.383. The molecule has 9 nitrogen and oxygen atoms in total. The van der Waals surface area contributed by atoms with Gasteiger partial charge < -0.3 is 35.1 Å². The first-order chi connectivity index (χ1) is 16.5. The molecule has 5 rings (SSSR count). The van der Waals surface area contributed by atoms with Crippen molar-refractivity contribution in [2.45, 2.75) is 127 Å². The van der Waals surface area contributed by atoms with E-state index in [0.29, 0.717) is 25.2 Å². The van der Waals surface area contributed by atoms with Gasteiger partial charge in [-0.25, -0.2) is 4.79 Å². The van der Waals surface area contributed by atoms with Crippen molar-refractivity contribution in [1.29, 1.82) is 0 Å². The summed E-state index contributed by atoms with van der Waals surface area (Å²) in [5.74, 6) is -0.598. The molecule has 4 aliphatic heterocycles. The lowest BCUT2D eigenvalue weighted by atomic mass is 9.67. The van der Waals surface area contributed by atoms with E-state index in [2.05, 4.69) is 5.32 Å². The molecule has 0 spiro atoms. The Morgan fingerprint density at radius 1 is 1.17 bits per heavy atom. The zero-order valence-corrected chi connectivity index (χ0v) is 21.4. The number of carbonyl (C=O) groups is 2. The van der Waals surface area contributed by atoms with Gasteiger partial charge in [0.2, 0.25) is 0 Å². The number of aliphatic hydroxyl groups is 1. The minimum absolute atomic E-state index is 0.0480. The van der Waals surface area contributed by atoms with Crippen molar-refractivity contribution in [2.75, 3.05) is 6.54 Å². The number of ketones is 1. The minimum Gasteiger partial charge on any atom is -0.457 e. The number of nitrogens with one attached hydrogen (secondary N) is 1. The van der Waals surface area contributed by atoms with E-state index in [9.17, 15) is 14.7 Å². The number of hydrogen-bond donors (Lipinski definition) is 3. The van der Waals surface area contributed by atoms with Crippen molar-refractivity contribution in [3.05, 3.63) is 0 Å². The first-order valence-corrected chi connectivity index (χ1v) is 13.4. The molecular formula is C26H42N2O7. The number of Topliss-reactive ketones (excluding diaryl/α,β-unsaturated/α-hetero) is 1. The molecule has 1 saturated carbocycles.